The highest BCUT2D eigenvalue weighted by Gasteiger charge is 2.44. The largest absolute Gasteiger partial charge is 0.243 e. The van der Waals surface area contributed by atoms with Crippen LogP contribution >= 0.6 is 0 Å². The molecule has 4 rings (SSSR count). The minimum atomic E-state index is -3.44. The van der Waals surface area contributed by atoms with Crippen molar-refractivity contribution in [1.82, 2.24) is 4.31 Å². The van der Waals surface area contributed by atoms with Crippen LogP contribution in [0.2, 0.25) is 0 Å². The molecule has 2 atom stereocenters. The van der Waals surface area contributed by atoms with Gasteiger partial charge in [0.05, 0.1) is 10.9 Å². The Bertz CT molecular complexity index is 827. The molecular weight excluding hydrogens is 306 g/mol. The zero-order valence-corrected chi connectivity index (χ0v) is 14.1. The molecule has 0 aromatic heterocycles. The van der Waals surface area contributed by atoms with E-state index in [0.717, 1.165) is 24.8 Å². The molecule has 120 valence electrons. The van der Waals surface area contributed by atoms with Crippen LogP contribution in [0.3, 0.4) is 0 Å². The highest BCUT2D eigenvalue weighted by molar-refractivity contribution is 7.89. The van der Waals surface area contributed by atoms with E-state index in [-0.39, 0.29) is 6.04 Å². The van der Waals surface area contributed by atoms with E-state index in [1.54, 1.807) is 16.4 Å². The zero-order chi connectivity index (χ0) is 16.0. The lowest BCUT2D eigenvalue weighted by Crippen LogP contribution is -2.34. The summed E-state index contributed by atoms with van der Waals surface area (Å²) in [7, 11) is -3.44. The van der Waals surface area contributed by atoms with Gasteiger partial charge in [-0.25, -0.2) is 8.42 Å². The molecule has 0 saturated carbocycles. The highest BCUT2D eigenvalue weighted by Crippen LogP contribution is 2.46. The predicted molar refractivity (Wildman–Crippen MR) is 90.7 cm³/mol. The summed E-state index contributed by atoms with van der Waals surface area (Å²) in [5, 5.41) is 0. The molecule has 0 radical (unpaired) electrons. The van der Waals surface area contributed by atoms with Gasteiger partial charge in [-0.1, -0.05) is 42.0 Å². The summed E-state index contributed by atoms with van der Waals surface area (Å²) >= 11 is 0. The van der Waals surface area contributed by atoms with Crippen LogP contribution in [0, 0.1) is 12.8 Å². The number of hydrogen-bond donors (Lipinski definition) is 0. The van der Waals surface area contributed by atoms with E-state index in [1.165, 1.54) is 11.1 Å². The van der Waals surface area contributed by atoms with Crippen molar-refractivity contribution in [3.05, 3.63) is 65.2 Å². The molecule has 2 aliphatic rings. The maximum Gasteiger partial charge on any atom is 0.243 e. The van der Waals surface area contributed by atoms with E-state index < -0.39 is 10.0 Å². The minimum absolute atomic E-state index is 0.00579. The molecule has 3 nitrogen and oxygen atoms in total. The Morgan fingerprint density at radius 1 is 1.00 bits per heavy atom. The molecule has 1 aliphatic carbocycles. The van der Waals surface area contributed by atoms with E-state index >= 15 is 0 Å². The summed E-state index contributed by atoms with van der Waals surface area (Å²) < 4.78 is 28.0. The molecule has 0 bridgehead atoms. The van der Waals surface area contributed by atoms with Crippen molar-refractivity contribution in [2.75, 3.05) is 6.54 Å². The van der Waals surface area contributed by atoms with Gasteiger partial charge in [-0.15, -0.1) is 0 Å². The van der Waals surface area contributed by atoms with Gasteiger partial charge in [-0.05, 0) is 55.4 Å². The van der Waals surface area contributed by atoms with Crippen molar-refractivity contribution in [2.24, 2.45) is 5.92 Å². The van der Waals surface area contributed by atoms with E-state index in [2.05, 4.69) is 12.1 Å². The Morgan fingerprint density at radius 2 is 1.74 bits per heavy atom. The van der Waals surface area contributed by atoms with Gasteiger partial charge in [-0.3, -0.25) is 0 Å². The lowest BCUT2D eigenvalue weighted by molar-refractivity contribution is 0.316. The summed E-state index contributed by atoms with van der Waals surface area (Å²) in [5.74, 6) is 0.449. The van der Waals surface area contributed by atoms with Crippen LogP contribution in [0.15, 0.2) is 53.4 Å². The fourth-order valence-corrected chi connectivity index (χ4v) is 5.72. The van der Waals surface area contributed by atoms with E-state index in [0.29, 0.717) is 17.4 Å². The standard InChI is InChI=1S/C19H21NO2S/c1-14-6-10-17(11-7-14)23(21,22)20-13-12-16-9-8-15-4-2-3-5-18(15)19(16)20/h2-7,10-11,16,19H,8-9,12-13H2,1H3. The van der Waals surface area contributed by atoms with Crippen LogP contribution < -0.4 is 0 Å². The van der Waals surface area contributed by atoms with Crippen LogP contribution in [-0.4, -0.2) is 19.3 Å². The fraction of sp³-hybridized carbons (Fsp3) is 0.368. The van der Waals surface area contributed by atoms with Crippen molar-refractivity contribution >= 4 is 10.0 Å². The van der Waals surface area contributed by atoms with Gasteiger partial charge >= 0.3 is 0 Å². The fourth-order valence-electron chi connectivity index (χ4n) is 4.04. The first-order valence-corrected chi connectivity index (χ1v) is 9.68. The van der Waals surface area contributed by atoms with Crippen LogP contribution in [0.1, 0.15) is 35.6 Å². The van der Waals surface area contributed by atoms with Crippen molar-refractivity contribution in [1.29, 1.82) is 0 Å². The average Bonchev–Trinajstić information content (AvgIpc) is 3.00. The van der Waals surface area contributed by atoms with E-state index in [4.69, 9.17) is 0 Å². The molecule has 2 aromatic carbocycles. The van der Waals surface area contributed by atoms with Gasteiger partial charge in [0.2, 0.25) is 10.0 Å². The maximum absolute atomic E-state index is 13.1. The van der Waals surface area contributed by atoms with Gasteiger partial charge < -0.3 is 0 Å². The minimum Gasteiger partial charge on any atom is -0.207 e. The average molecular weight is 327 g/mol. The van der Waals surface area contributed by atoms with E-state index in [1.807, 2.05) is 31.2 Å². The molecule has 0 spiro atoms. The lowest BCUT2D eigenvalue weighted by Gasteiger charge is -2.33. The molecule has 2 unspecified atom stereocenters. The van der Waals surface area contributed by atoms with Crippen molar-refractivity contribution < 1.29 is 8.42 Å². The van der Waals surface area contributed by atoms with Crippen LogP contribution in [0.25, 0.3) is 0 Å². The zero-order valence-electron chi connectivity index (χ0n) is 13.3. The molecule has 1 aliphatic heterocycles. The van der Waals surface area contributed by atoms with Crippen LogP contribution in [-0.2, 0) is 16.4 Å². The Labute approximate surface area is 138 Å². The summed E-state index contributed by atoms with van der Waals surface area (Å²) in [6, 6.07) is 15.5. The third-order valence-corrected chi connectivity index (χ3v) is 7.16. The van der Waals surface area contributed by atoms with Gasteiger partial charge in [0.25, 0.3) is 0 Å². The lowest BCUT2D eigenvalue weighted by atomic mass is 9.81. The molecule has 2 aromatic rings. The maximum atomic E-state index is 13.1. The number of nitrogens with zero attached hydrogens (tertiary/aromatic N) is 1. The number of aryl methyl sites for hydroxylation is 2. The van der Waals surface area contributed by atoms with E-state index in [9.17, 15) is 8.42 Å². The molecule has 1 heterocycles. The van der Waals surface area contributed by atoms with Crippen molar-refractivity contribution in [2.45, 2.75) is 37.1 Å². The molecule has 23 heavy (non-hydrogen) atoms. The van der Waals surface area contributed by atoms with Gasteiger partial charge in [0.15, 0.2) is 0 Å². The summed E-state index contributed by atoms with van der Waals surface area (Å²) in [6.07, 6.45) is 3.11. The van der Waals surface area contributed by atoms with Crippen LogP contribution in [0.5, 0.6) is 0 Å². The third kappa shape index (κ3) is 2.41. The highest BCUT2D eigenvalue weighted by atomic mass is 32.2. The van der Waals surface area contributed by atoms with Gasteiger partial charge in [0.1, 0.15) is 0 Å². The second-order valence-electron chi connectivity index (χ2n) is 6.66. The molecule has 0 N–H and O–H groups in total. The van der Waals surface area contributed by atoms with Crippen LogP contribution in [0.4, 0.5) is 0 Å². The topological polar surface area (TPSA) is 37.4 Å². The first kappa shape index (κ1) is 14.9. The molecule has 1 fully saturated rings. The number of sulfonamides is 1. The smallest absolute Gasteiger partial charge is 0.207 e. The molecule has 0 amide bonds. The summed E-state index contributed by atoms with van der Waals surface area (Å²) in [6.45, 7) is 2.60. The Morgan fingerprint density at radius 3 is 2.52 bits per heavy atom. The first-order valence-electron chi connectivity index (χ1n) is 8.24. The van der Waals surface area contributed by atoms with Gasteiger partial charge in [-0.2, -0.15) is 4.31 Å². The predicted octanol–water partition coefficient (Wildman–Crippen LogP) is 3.69. The molecule has 4 heteroatoms. The Kier molecular flexibility index (Phi) is 3.54. The molecule has 1 saturated heterocycles. The summed E-state index contributed by atoms with van der Waals surface area (Å²) in [4.78, 5) is 0.409. The second-order valence-corrected chi connectivity index (χ2v) is 8.55. The number of hydrogen-bond acceptors (Lipinski definition) is 2. The second kappa shape index (κ2) is 5.46. The first-order chi connectivity index (χ1) is 11.1. The van der Waals surface area contributed by atoms with Gasteiger partial charge in [0, 0.05) is 6.54 Å². The number of rotatable bonds is 2. The third-order valence-electron chi connectivity index (χ3n) is 5.26. The monoisotopic (exact) mass is 327 g/mol. The number of fused-ring (bicyclic) bond motifs is 3. The normalized spacial score (nSPS) is 24.2. The molecular formula is C19H21NO2S. The summed E-state index contributed by atoms with van der Waals surface area (Å²) in [5.41, 5.74) is 3.59. The SMILES string of the molecule is Cc1ccc(S(=O)(=O)N2CCC3CCc4ccccc4C32)cc1. The van der Waals surface area contributed by atoms with Crippen molar-refractivity contribution in [3.63, 3.8) is 0 Å². The van der Waals surface area contributed by atoms with Crippen molar-refractivity contribution in [3.8, 4) is 0 Å². The quantitative estimate of drug-likeness (QED) is 0.843. The Balaban J connectivity index is 1.77. The number of benzene rings is 2. The Hall–Kier alpha value is -1.65.